The minimum atomic E-state index is -0.591. The Balaban J connectivity index is 1.65. The van der Waals surface area contributed by atoms with Gasteiger partial charge in [0.1, 0.15) is 5.75 Å². The molecule has 1 amide bonds. The second-order valence-electron chi connectivity index (χ2n) is 5.78. The van der Waals surface area contributed by atoms with Crippen molar-refractivity contribution in [1.29, 1.82) is 0 Å². The normalized spacial score (nSPS) is 17.9. The van der Waals surface area contributed by atoms with Crippen molar-refractivity contribution in [1.82, 2.24) is 9.78 Å². The van der Waals surface area contributed by atoms with Crippen molar-refractivity contribution in [2.75, 3.05) is 18.1 Å². The maximum absolute atomic E-state index is 12.6. The summed E-state index contributed by atoms with van der Waals surface area (Å²) < 4.78 is 7.22. The van der Waals surface area contributed by atoms with E-state index in [9.17, 15) is 4.79 Å². The predicted octanol–water partition coefficient (Wildman–Crippen LogP) is 2.36. The minimum Gasteiger partial charge on any atom is -0.493 e. The molecule has 0 radical (unpaired) electrons. The number of amides is 1. The molecule has 132 valence electrons. The van der Waals surface area contributed by atoms with Gasteiger partial charge in [-0.15, -0.1) is 0 Å². The van der Waals surface area contributed by atoms with Gasteiger partial charge in [0.05, 0.1) is 12.8 Å². The average Bonchev–Trinajstić information content (AvgIpc) is 3.04. The summed E-state index contributed by atoms with van der Waals surface area (Å²) in [5.41, 5.74) is 0.814. The molecule has 2 heterocycles. The summed E-state index contributed by atoms with van der Waals surface area (Å²) in [7, 11) is 1.83. The third-order valence-corrected chi connectivity index (χ3v) is 3.96. The summed E-state index contributed by atoms with van der Waals surface area (Å²) in [6.07, 6.45) is 4.30. The number of carbonyl (C=O) groups excluding carboxylic acids is 1. The summed E-state index contributed by atoms with van der Waals surface area (Å²) in [6.45, 7) is 3.15. The van der Waals surface area contributed by atoms with Gasteiger partial charge in [0.15, 0.2) is 5.82 Å². The molecular formula is C18H22N4O3. The highest BCUT2D eigenvalue weighted by Gasteiger charge is 2.32. The van der Waals surface area contributed by atoms with Gasteiger partial charge in [0.25, 0.3) is 5.91 Å². The number of hydrogen-bond donors (Lipinski definition) is 0. The third-order valence-electron chi connectivity index (χ3n) is 3.96. The van der Waals surface area contributed by atoms with Crippen LogP contribution < -0.4 is 9.64 Å². The molecule has 0 bridgehead atoms. The molecule has 1 fully saturated rings. The van der Waals surface area contributed by atoms with E-state index in [0.717, 1.165) is 17.7 Å². The molecule has 3 rings (SSSR count). The van der Waals surface area contributed by atoms with E-state index < -0.39 is 6.10 Å². The second-order valence-corrected chi connectivity index (χ2v) is 5.78. The van der Waals surface area contributed by atoms with Crippen LogP contribution in [0.25, 0.3) is 0 Å². The Bertz CT molecular complexity index is 756. The monoisotopic (exact) mass is 342 g/mol. The Morgan fingerprint density at radius 1 is 1.36 bits per heavy atom. The maximum atomic E-state index is 12.6. The number of hydrogen-bond acceptors (Lipinski definition) is 5. The lowest BCUT2D eigenvalue weighted by Crippen LogP contribution is -2.45. The number of nitrogens with zero attached hydrogens (tertiary/aromatic N) is 4. The van der Waals surface area contributed by atoms with Crippen LogP contribution in [0.3, 0.4) is 0 Å². The zero-order valence-electron chi connectivity index (χ0n) is 14.5. The molecule has 0 spiro atoms. The van der Waals surface area contributed by atoms with Crippen molar-refractivity contribution in [3.8, 4) is 5.75 Å². The first kappa shape index (κ1) is 17.0. The Hall–Kier alpha value is -2.83. The molecule has 0 aliphatic carbocycles. The summed E-state index contributed by atoms with van der Waals surface area (Å²) in [5.74, 6) is 1.27. The van der Waals surface area contributed by atoms with Crippen molar-refractivity contribution >= 4 is 17.9 Å². The van der Waals surface area contributed by atoms with E-state index >= 15 is 0 Å². The largest absolute Gasteiger partial charge is 0.493 e. The molecule has 0 saturated carbocycles. The van der Waals surface area contributed by atoms with Gasteiger partial charge in [-0.1, -0.05) is 17.3 Å². The number of aromatic nitrogens is 2. The zero-order chi connectivity index (χ0) is 17.6. The van der Waals surface area contributed by atoms with Gasteiger partial charge >= 0.3 is 0 Å². The van der Waals surface area contributed by atoms with Crippen molar-refractivity contribution in [2.24, 2.45) is 12.2 Å². The number of benzene rings is 1. The maximum Gasteiger partial charge on any atom is 0.272 e. The molecule has 1 aliphatic rings. The van der Waals surface area contributed by atoms with Gasteiger partial charge in [0, 0.05) is 31.4 Å². The van der Waals surface area contributed by atoms with Crippen LogP contribution in [0.4, 0.5) is 5.82 Å². The number of para-hydroxylation sites is 1. The number of piperidine rings is 1. The van der Waals surface area contributed by atoms with Crippen molar-refractivity contribution < 1.29 is 14.4 Å². The van der Waals surface area contributed by atoms with E-state index in [1.807, 2.05) is 50.5 Å². The van der Waals surface area contributed by atoms with Crippen molar-refractivity contribution in [3.63, 3.8) is 0 Å². The van der Waals surface area contributed by atoms with Crippen LogP contribution in [0.5, 0.6) is 5.75 Å². The molecule has 1 atom stereocenters. The molecular weight excluding hydrogens is 320 g/mol. The first-order chi connectivity index (χ1) is 12.2. The standard InChI is InChI=1S/C18H22N4O3/c1-3-24-15-8-5-4-7-14(15)13-19-25-16-9-6-11-22(18(16)23)17-10-12-21(2)20-17/h4-5,7-8,10,12-13,16H,3,6,9,11H2,1-2H3/b19-13+. The van der Waals surface area contributed by atoms with Gasteiger partial charge < -0.3 is 9.57 Å². The molecule has 1 saturated heterocycles. The summed E-state index contributed by atoms with van der Waals surface area (Å²) in [5, 5.41) is 8.30. The second kappa shape index (κ2) is 7.83. The lowest BCUT2D eigenvalue weighted by atomic mass is 10.1. The van der Waals surface area contributed by atoms with Crippen LogP contribution in [0.1, 0.15) is 25.3 Å². The predicted molar refractivity (Wildman–Crippen MR) is 94.9 cm³/mol. The van der Waals surface area contributed by atoms with Crippen LogP contribution in [0, 0.1) is 0 Å². The molecule has 1 unspecified atom stereocenters. The first-order valence-electron chi connectivity index (χ1n) is 8.41. The van der Waals surface area contributed by atoms with Gasteiger partial charge in [0.2, 0.25) is 6.10 Å². The molecule has 7 heteroatoms. The third kappa shape index (κ3) is 3.99. The van der Waals surface area contributed by atoms with Gasteiger partial charge in [-0.05, 0) is 31.9 Å². The van der Waals surface area contributed by atoms with E-state index in [0.29, 0.717) is 25.4 Å². The molecule has 0 N–H and O–H groups in total. The fourth-order valence-corrected chi connectivity index (χ4v) is 2.75. The molecule has 2 aromatic rings. The van der Waals surface area contributed by atoms with Crippen LogP contribution in [-0.2, 0) is 16.7 Å². The fraction of sp³-hybridized carbons (Fsp3) is 0.389. The van der Waals surface area contributed by atoms with Gasteiger partial charge in [-0.2, -0.15) is 5.10 Å². The Morgan fingerprint density at radius 3 is 2.96 bits per heavy atom. The molecule has 25 heavy (non-hydrogen) atoms. The smallest absolute Gasteiger partial charge is 0.272 e. The average molecular weight is 342 g/mol. The van der Waals surface area contributed by atoms with E-state index in [4.69, 9.17) is 9.57 Å². The quantitative estimate of drug-likeness (QED) is 0.597. The lowest BCUT2D eigenvalue weighted by Gasteiger charge is -2.29. The molecule has 1 aromatic carbocycles. The van der Waals surface area contributed by atoms with Crippen molar-refractivity contribution in [3.05, 3.63) is 42.1 Å². The first-order valence-corrected chi connectivity index (χ1v) is 8.41. The number of ether oxygens (including phenoxy) is 1. The Morgan fingerprint density at radius 2 is 2.20 bits per heavy atom. The lowest BCUT2D eigenvalue weighted by molar-refractivity contribution is -0.132. The van der Waals surface area contributed by atoms with Gasteiger partial charge in [-0.3, -0.25) is 14.4 Å². The number of rotatable bonds is 6. The highest BCUT2D eigenvalue weighted by molar-refractivity contribution is 5.96. The van der Waals surface area contributed by atoms with Crippen LogP contribution in [0.2, 0.25) is 0 Å². The van der Waals surface area contributed by atoms with E-state index in [2.05, 4.69) is 10.3 Å². The van der Waals surface area contributed by atoms with Crippen LogP contribution in [0.15, 0.2) is 41.7 Å². The van der Waals surface area contributed by atoms with E-state index in [1.54, 1.807) is 15.8 Å². The van der Waals surface area contributed by atoms with Crippen molar-refractivity contribution in [2.45, 2.75) is 25.9 Å². The number of anilines is 1. The summed E-state index contributed by atoms with van der Waals surface area (Å²) >= 11 is 0. The summed E-state index contributed by atoms with van der Waals surface area (Å²) in [4.78, 5) is 19.7. The fourth-order valence-electron chi connectivity index (χ4n) is 2.75. The number of oxime groups is 1. The van der Waals surface area contributed by atoms with E-state index in [-0.39, 0.29) is 5.91 Å². The SMILES string of the molecule is CCOc1ccccc1/C=N/OC1CCCN(c2ccn(C)n2)C1=O. The van der Waals surface area contributed by atoms with Crippen LogP contribution >= 0.6 is 0 Å². The number of carbonyl (C=O) groups is 1. The highest BCUT2D eigenvalue weighted by atomic mass is 16.6. The minimum absolute atomic E-state index is 0.111. The van der Waals surface area contributed by atoms with Crippen LogP contribution in [-0.4, -0.2) is 41.2 Å². The van der Waals surface area contributed by atoms with Gasteiger partial charge in [-0.25, -0.2) is 0 Å². The molecule has 7 nitrogen and oxygen atoms in total. The Labute approximate surface area is 146 Å². The molecule has 1 aliphatic heterocycles. The number of aryl methyl sites for hydroxylation is 1. The van der Waals surface area contributed by atoms with E-state index in [1.165, 1.54) is 0 Å². The summed E-state index contributed by atoms with van der Waals surface area (Å²) in [6, 6.07) is 9.39. The molecule has 1 aromatic heterocycles. The topological polar surface area (TPSA) is 69.0 Å². The highest BCUT2D eigenvalue weighted by Crippen LogP contribution is 2.21. The Kier molecular flexibility index (Phi) is 5.33. The zero-order valence-corrected chi connectivity index (χ0v) is 14.5.